The topological polar surface area (TPSA) is 94.1 Å². The summed E-state index contributed by atoms with van der Waals surface area (Å²) in [7, 11) is 1.86. The molecule has 0 spiro atoms. The Labute approximate surface area is 179 Å². The van der Waals surface area contributed by atoms with Crippen LogP contribution in [0.15, 0.2) is 53.7 Å². The Morgan fingerprint density at radius 3 is 2.71 bits per heavy atom. The second-order valence-corrected chi connectivity index (χ2v) is 8.34. The molecule has 0 amide bonds. The Hall–Kier alpha value is -3.26. The number of hydrogen-bond donors (Lipinski definition) is 3. The van der Waals surface area contributed by atoms with E-state index in [1.54, 1.807) is 36.8 Å². The fourth-order valence-corrected chi connectivity index (χ4v) is 4.71. The smallest absolute Gasteiger partial charge is 0.248 e. The molecular formula is C23H24FN5O2. The molecule has 31 heavy (non-hydrogen) atoms. The third-order valence-electron chi connectivity index (χ3n) is 6.43. The van der Waals surface area contributed by atoms with Crippen molar-refractivity contribution in [2.24, 2.45) is 0 Å². The van der Waals surface area contributed by atoms with Gasteiger partial charge in [0, 0.05) is 37.0 Å². The summed E-state index contributed by atoms with van der Waals surface area (Å²) in [5.74, 6) is 0.657. The van der Waals surface area contributed by atoms with Gasteiger partial charge in [-0.3, -0.25) is 9.78 Å². The lowest BCUT2D eigenvalue weighted by molar-refractivity contribution is 0.176. The Bertz CT molecular complexity index is 1150. The third kappa shape index (κ3) is 3.67. The van der Waals surface area contributed by atoms with Gasteiger partial charge in [-0.05, 0) is 48.6 Å². The van der Waals surface area contributed by atoms with Gasteiger partial charge in [0.05, 0.1) is 24.1 Å². The van der Waals surface area contributed by atoms with E-state index in [2.05, 4.69) is 20.3 Å². The maximum atomic E-state index is 14.9. The van der Waals surface area contributed by atoms with Gasteiger partial charge in [0.25, 0.3) is 0 Å². The zero-order chi connectivity index (χ0) is 21.5. The van der Waals surface area contributed by atoms with Gasteiger partial charge in [-0.2, -0.15) is 0 Å². The molecule has 4 heterocycles. The summed E-state index contributed by atoms with van der Waals surface area (Å²) in [4.78, 5) is 24.9. The first-order valence-electron chi connectivity index (χ1n) is 10.5. The molecule has 0 aliphatic carbocycles. The van der Waals surface area contributed by atoms with Crippen LogP contribution in [0.2, 0.25) is 0 Å². The first kappa shape index (κ1) is 19.7. The highest BCUT2D eigenvalue weighted by Crippen LogP contribution is 2.34. The SMILES string of the molecule is CN(c1cnc(-c2ccc(-c3cc[nH]c(=O)c3)cc2O)cn1)[C@@H]1C[C@H]2CC[C@H](N2)[C@@H]1F. The molecule has 5 rings (SSSR count). The van der Waals surface area contributed by atoms with Gasteiger partial charge in [0.15, 0.2) is 0 Å². The number of nitrogens with one attached hydrogen (secondary N) is 2. The number of hydrogen-bond acceptors (Lipinski definition) is 6. The van der Waals surface area contributed by atoms with Crippen LogP contribution in [0, 0.1) is 0 Å². The number of aromatic amines is 1. The average molecular weight is 421 g/mol. The van der Waals surface area contributed by atoms with Crippen LogP contribution in [0.1, 0.15) is 19.3 Å². The lowest BCUT2D eigenvalue weighted by atomic mass is 9.96. The van der Waals surface area contributed by atoms with E-state index in [4.69, 9.17) is 0 Å². The van der Waals surface area contributed by atoms with Crippen molar-refractivity contribution in [1.82, 2.24) is 20.3 Å². The van der Waals surface area contributed by atoms with E-state index in [9.17, 15) is 14.3 Å². The number of halogens is 1. The highest BCUT2D eigenvalue weighted by molar-refractivity contribution is 5.74. The maximum absolute atomic E-state index is 14.9. The highest BCUT2D eigenvalue weighted by Gasteiger charge is 2.43. The number of nitrogens with zero attached hydrogens (tertiary/aromatic N) is 3. The third-order valence-corrected chi connectivity index (χ3v) is 6.43. The van der Waals surface area contributed by atoms with E-state index in [0.29, 0.717) is 28.7 Å². The summed E-state index contributed by atoms with van der Waals surface area (Å²) < 4.78 is 14.9. The van der Waals surface area contributed by atoms with Gasteiger partial charge < -0.3 is 20.3 Å². The molecular weight excluding hydrogens is 397 g/mol. The van der Waals surface area contributed by atoms with Crippen molar-refractivity contribution < 1.29 is 9.50 Å². The number of fused-ring (bicyclic) bond motifs is 2. The standard InChI is InChI=1S/C23H24FN5O2/c1-29(19-10-15-3-5-17(28-15)23(19)24)21-12-26-18(11-27-21)16-4-2-13(8-20(16)30)14-6-7-25-22(31)9-14/h2,4,6-9,11-12,15,17,19,23,28,30H,3,5,10H2,1H3,(H,25,31)/t15-,17+,19-,23+/m1/s1. The molecule has 8 heteroatoms. The molecule has 2 saturated heterocycles. The van der Waals surface area contributed by atoms with Crippen LogP contribution in [0.4, 0.5) is 10.2 Å². The van der Waals surface area contributed by atoms with Crippen molar-refractivity contribution in [2.45, 2.75) is 43.6 Å². The number of alkyl halides is 1. The lowest BCUT2D eigenvalue weighted by Crippen LogP contribution is -2.55. The molecule has 2 bridgehead atoms. The van der Waals surface area contributed by atoms with E-state index in [0.717, 1.165) is 24.8 Å². The zero-order valence-electron chi connectivity index (χ0n) is 17.1. The van der Waals surface area contributed by atoms with Gasteiger partial charge in [-0.25, -0.2) is 9.37 Å². The fraction of sp³-hybridized carbons (Fsp3) is 0.348. The molecule has 0 radical (unpaired) electrons. The average Bonchev–Trinajstić information content (AvgIpc) is 3.19. The molecule has 7 nitrogen and oxygen atoms in total. The van der Waals surface area contributed by atoms with Crippen LogP contribution in [0.3, 0.4) is 0 Å². The highest BCUT2D eigenvalue weighted by atomic mass is 19.1. The van der Waals surface area contributed by atoms with Crippen molar-refractivity contribution in [2.75, 3.05) is 11.9 Å². The minimum Gasteiger partial charge on any atom is -0.507 e. The number of benzene rings is 1. The molecule has 1 aromatic carbocycles. The van der Waals surface area contributed by atoms with Crippen molar-refractivity contribution in [3.8, 4) is 28.1 Å². The van der Waals surface area contributed by atoms with E-state index < -0.39 is 6.17 Å². The predicted molar refractivity (Wildman–Crippen MR) is 117 cm³/mol. The molecule has 0 saturated carbocycles. The summed E-state index contributed by atoms with van der Waals surface area (Å²) in [6.45, 7) is 0. The van der Waals surface area contributed by atoms with E-state index in [1.807, 2.05) is 18.0 Å². The predicted octanol–water partition coefficient (Wildman–Crippen LogP) is 2.87. The Balaban J connectivity index is 1.37. The van der Waals surface area contributed by atoms with Crippen LogP contribution < -0.4 is 15.8 Å². The molecule has 2 aliphatic rings. The van der Waals surface area contributed by atoms with Gasteiger partial charge in [-0.1, -0.05) is 6.07 Å². The summed E-state index contributed by atoms with van der Waals surface area (Å²) in [6.07, 6.45) is 6.50. The second-order valence-electron chi connectivity index (χ2n) is 8.34. The molecule has 0 unspecified atom stereocenters. The van der Waals surface area contributed by atoms with Crippen molar-refractivity contribution in [3.63, 3.8) is 0 Å². The summed E-state index contributed by atoms with van der Waals surface area (Å²) in [6, 6.07) is 8.49. The number of pyridine rings is 1. The van der Waals surface area contributed by atoms with Gasteiger partial charge >= 0.3 is 0 Å². The summed E-state index contributed by atoms with van der Waals surface area (Å²) in [5, 5.41) is 13.9. The number of anilines is 1. The fourth-order valence-electron chi connectivity index (χ4n) is 4.71. The van der Waals surface area contributed by atoms with E-state index >= 15 is 0 Å². The van der Waals surface area contributed by atoms with Gasteiger partial charge in [-0.15, -0.1) is 0 Å². The van der Waals surface area contributed by atoms with Crippen LogP contribution >= 0.6 is 0 Å². The molecule has 4 atom stereocenters. The number of phenols is 1. The van der Waals surface area contributed by atoms with Crippen LogP contribution in [-0.4, -0.2) is 51.4 Å². The maximum Gasteiger partial charge on any atom is 0.248 e. The number of phenolic OH excluding ortho intramolecular Hbond substituents is 1. The first-order chi connectivity index (χ1) is 15.0. The largest absolute Gasteiger partial charge is 0.507 e. The normalized spacial score (nSPS) is 24.8. The number of H-pyrrole nitrogens is 1. The quantitative estimate of drug-likeness (QED) is 0.600. The molecule has 160 valence electrons. The number of aromatic nitrogens is 3. The Kier molecular flexibility index (Phi) is 4.94. The Morgan fingerprint density at radius 2 is 1.97 bits per heavy atom. The molecule has 2 aromatic heterocycles. The molecule has 3 aromatic rings. The summed E-state index contributed by atoms with van der Waals surface area (Å²) in [5.41, 5.74) is 2.30. The summed E-state index contributed by atoms with van der Waals surface area (Å²) >= 11 is 0. The number of aromatic hydroxyl groups is 1. The lowest BCUT2D eigenvalue weighted by Gasteiger charge is -2.38. The second kappa shape index (κ2) is 7.77. The van der Waals surface area contributed by atoms with Gasteiger partial charge in [0.1, 0.15) is 17.7 Å². The van der Waals surface area contributed by atoms with Crippen LogP contribution in [0.5, 0.6) is 5.75 Å². The van der Waals surface area contributed by atoms with Crippen LogP contribution in [0.25, 0.3) is 22.4 Å². The number of piperidine rings is 1. The minimum absolute atomic E-state index is 0.0481. The minimum atomic E-state index is -0.938. The monoisotopic (exact) mass is 421 g/mol. The molecule has 2 fully saturated rings. The van der Waals surface area contributed by atoms with E-state index in [1.165, 1.54) is 6.07 Å². The van der Waals surface area contributed by atoms with Crippen molar-refractivity contribution in [1.29, 1.82) is 0 Å². The first-order valence-corrected chi connectivity index (χ1v) is 10.5. The molecule has 2 aliphatic heterocycles. The van der Waals surface area contributed by atoms with Crippen molar-refractivity contribution >= 4 is 5.82 Å². The van der Waals surface area contributed by atoms with Gasteiger partial charge in [0.2, 0.25) is 5.56 Å². The van der Waals surface area contributed by atoms with E-state index in [-0.39, 0.29) is 23.4 Å². The van der Waals surface area contributed by atoms with Crippen molar-refractivity contribution in [3.05, 3.63) is 59.3 Å². The van der Waals surface area contributed by atoms with Crippen LogP contribution in [-0.2, 0) is 0 Å². The molecule has 3 N–H and O–H groups in total. The zero-order valence-corrected chi connectivity index (χ0v) is 17.1. The Morgan fingerprint density at radius 1 is 1.13 bits per heavy atom. The number of rotatable bonds is 4.